The Balaban J connectivity index is 2.71. The van der Waals surface area contributed by atoms with Crippen molar-refractivity contribution in [3.8, 4) is 5.75 Å². The third kappa shape index (κ3) is 3.71. The summed E-state index contributed by atoms with van der Waals surface area (Å²) in [6.45, 7) is 3.88. The molecule has 0 aliphatic carbocycles. The number of nitrogens with one attached hydrogen (secondary N) is 1. The molecule has 0 spiro atoms. The second kappa shape index (κ2) is 5.14. The number of phenolic OH excluding ortho intramolecular Hbond substituents is 1. The van der Waals surface area contributed by atoms with Gasteiger partial charge in [0.2, 0.25) is 0 Å². The van der Waals surface area contributed by atoms with Gasteiger partial charge in [0.1, 0.15) is 11.6 Å². The van der Waals surface area contributed by atoms with Gasteiger partial charge in [-0.25, -0.2) is 4.39 Å². The molecule has 17 heavy (non-hydrogen) atoms. The Kier molecular flexibility index (Phi) is 4.07. The fraction of sp³-hybridized carbons (Fsp3) is 0.417. The Bertz CT molecular complexity index is 418. The summed E-state index contributed by atoms with van der Waals surface area (Å²) in [6.07, 6.45) is 0. The van der Waals surface area contributed by atoms with E-state index in [1.54, 1.807) is 13.8 Å². The third-order valence-corrected chi connectivity index (χ3v) is 2.42. The van der Waals surface area contributed by atoms with Crippen LogP contribution in [0.5, 0.6) is 5.75 Å². The highest BCUT2D eigenvalue weighted by atomic mass is 19.1. The zero-order valence-corrected chi connectivity index (χ0v) is 10.1. The first-order valence-electron chi connectivity index (χ1n) is 5.17. The van der Waals surface area contributed by atoms with Gasteiger partial charge in [-0.2, -0.15) is 0 Å². The number of carbonyl (C=O) groups excluding carboxylic acids is 1. The first-order chi connectivity index (χ1) is 7.85. The van der Waals surface area contributed by atoms with E-state index in [2.05, 4.69) is 5.32 Å². The second-order valence-electron chi connectivity index (χ2n) is 4.31. The van der Waals surface area contributed by atoms with Crippen LogP contribution < -0.4 is 5.32 Å². The summed E-state index contributed by atoms with van der Waals surface area (Å²) < 4.78 is 18.5. The maximum atomic E-state index is 13.4. The second-order valence-corrected chi connectivity index (χ2v) is 4.31. The molecular weight excluding hydrogens is 225 g/mol. The highest BCUT2D eigenvalue weighted by Crippen LogP contribution is 2.15. The van der Waals surface area contributed by atoms with Gasteiger partial charge in [0, 0.05) is 19.7 Å². The average Bonchev–Trinajstić information content (AvgIpc) is 2.26. The lowest BCUT2D eigenvalue weighted by Crippen LogP contribution is -2.39. The number of methoxy groups -OCH3 is 1. The average molecular weight is 241 g/mol. The molecule has 0 radical (unpaired) electrons. The zero-order chi connectivity index (χ0) is 13.1. The molecule has 0 aliphatic heterocycles. The first kappa shape index (κ1) is 13.4. The van der Waals surface area contributed by atoms with E-state index in [1.165, 1.54) is 19.2 Å². The number of hydrogen-bond donors (Lipinski definition) is 2. The van der Waals surface area contributed by atoms with Crippen LogP contribution in [0.4, 0.5) is 4.39 Å². The van der Waals surface area contributed by atoms with E-state index in [0.29, 0.717) is 0 Å². The van der Waals surface area contributed by atoms with Crippen LogP contribution in [-0.4, -0.2) is 30.3 Å². The molecule has 0 saturated heterocycles. The summed E-state index contributed by atoms with van der Waals surface area (Å²) in [6, 6.07) is 3.40. The number of carbonyl (C=O) groups is 1. The zero-order valence-electron chi connectivity index (χ0n) is 10.1. The van der Waals surface area contributed by atoms with Crippen molar-refractivity contribution in [1.82, 2.24) is 5.32 Å². The maximum Gasteiger partial charge on any atom is 0.254 e. The summed E-state index contributed by atoms with van der Waals surface area (Å²) >= 11 is 0. The molecule has 4 nitrogen and oxygen atoms in total. The minimum absolute atomic E-state index is 0.102. The van der Waals surface area contributed by atoms with Crippen LogP contribution in [0.1, 0.15) is 24.2 Å². The molecule has 0 heterocycles. The van der Waals surface area contributed by atoms with Crippen molar-refractivity contribution < 1.29 is 19.0 Å². The van der Waals surface area contributed by atoms with Crippen molar-refractivity contribution in [3.63, 3.8) is 0 Å². The van der Waals surface area contributed by atoms with Crippen LogP contribution in [0.2, 0.25) is 0 Å². The quantitative estimate of drug-likeness (QED) is 0.843. The van der Waals surface area contributed by atoms with Gasteiger partial charge >= 0.3 is 0 Å². The highest BCUT2D eigenvalue weighted by molar-refractivity contribution is 5.94. The van der Waals surface area contributed by atoms with Crippen LogP contribution in [0.25, 0.3) is 0 Å². The van der Waals surface area contributed by atoms with E-state index in [4.69, 9.17) is 9.84 Å². The van der Waals surface area contributed by atoms with Gasteiger partial charge in [0.15, 0.2) is 0 Å². The Labute approximate surface area is 99.4 Å². The number of halogens is 1. The predicted molar refractivity (Wildman–Crippen MR) is 61.5 cm³/mol. The van der Waals surface area contributed by atoms with E-state index in [9.17, 15) is 9.18 Å². The molecule has 0 aliphatic rings. The van der Waals surface area contributed by atoms with Crippen LogP contribution in [0, 0.1) is 5.82 Å². The Morgan fingerprint density at radius 2 is 2.18 bits per heavy atom. The fourth-order valence-corrected chi connectivity index (χ4v) is 1.15. The molecule has 1 aromatic rings. The van der Waals surface area contributed by atoms with E-state index in [1.807, 2.05) is 0 Å². The standard InChI is InChI=1S/C12H16FNO3/c1-12(2,17-3)7-14-11(16)9-5-4-8(15)6-10(9)13/h4-6,15H,7H2,1-3H3,(H,14,16). The fourth-order valence-electron chi connectivity index (χ4n) is 1.15. The molecule has 1 aromatic carbocycles. The smallest absolute Gasteiger partial charge is 0.254 e. The molecular formula is C12H16FNO3. The lowest BCUT2D eigenvalue weighted by atomic mass is 10.1. The van der Waals surface area contributed by atoms with Crippen LogP contribution in [0.15, 0.2) is 18.2 Å². The van der Waals surface area contributed by atoms with Crippen molar-refractivity contribution in [2.75, 3.05) is 13.7 Å². The molecule has 5 heteroatoms. The van der Waals surface area contributed by atoms with Gasteiger partial charge in [-0.15, -0.1) is 0 Å². The molecule has 0 bridgehead atoms. The monoisotopic (exact) mass is 241 g/mol. The Hall–Kier alpha value is -1.62. The van der Waals surface area contributed by atoms with Crippen molar-refractivity contribution >= 4 is 5.91 Å². The molecule has 1 rings (SSSR count). The summed E-state index contributed by atoms with van der Waals surface area (Å²) in [5.74, 6) is -1.50. The van der Waals surface area contributed by atoms with Crippen molar-refractivity contribution in [2.24, 2.45) is 0 Å². The van der Waals surface area contributed by atoms with Crippen molar-refractivity contribution in [1.29, 1.82) is 0 Å². The summed E-state index contributed by atoms with van der Waals surface area (Å²) in [7, 11) is 1.54. The lowest BCUT2D eigenvalue weighted by Gasteiger charge is -2.23. The molecule has 0 atom stereocenters. The van der Waals surface area contributed by atoms with Crippen LogP contribution in [-0.2, 0) is 4.74 Å². The van der Waals surface area contributed by atoms with Crippen LogP contribution in [0.3, 0.4) is 0 Å². The van der Waals surface area contributed by atoms with Gasteiger partial charge in [0.05, 0.1) is 11.2 Å². The molecule has 0 unspecified atom stereocenters. The molecule has 0 fully saturated rings. The number of hydrogen-bond acceptors (Lipinski definition) is 3. The minimum atomic E-state index is -0.752. The van der Waals surface area contributed by atoms with E-state index in [-0.39, 0.29) is 17.9 Å². The number of phenols is 1. The SMILES string of the molecule is COC(C)(C)CNC(=O)c1ccc(O)cc1F. The third-order valence-electron chi connectivity index (χ3n) is 2.42. The van der Waals surface area contributed by atoms with E-state index in [0.717, 1.165) is 6.07 Å². The lowest BCUT2D eigenvalue weighted by molar-refractivity contribution is 0.0228. The van der Waals surface area contributed by atoms with Crippen molar-refractivity contribution in [3.05, 3.63) is 29.6 Å². The molecule has 0 saturated carbocycles. The molecule has 0 aromatic heterocycles. The van der Waals surface area contributed by atoms with Gasteiger partial charge in [0.25, 0.3) is 5.91 Å². The Morgan fingerprint density at radius 1 is 1.53 bits per heavy atom. The van der Waals surface area contributed by atoms with E-state index >= 15 is 0 Å². The molecule has 1 amide bonds. The highest BCUT2D eigenvalue weighted by Gasteiger charge is 2.19. The van der Waals surface area contributed by atoms with Crippen molar-refractivity contribution in [2.45, 2.75) is 19.4 Å². The summed E-state index contributed by atoms with van der Waals surface area (Å²) in [5.41, 5.74) is -0.613. The Morgan fingerprint density at radius 3 is 2.71 bits per heavy atom. The van der Waals surface area contributed by atoms with Crippen LogP contribution >= 0.6 is 0 Å². The first-order valence-corrected chi connectivity index (χ1v) is 5.17. The number of amides is 1. The van der Waals surface area contributed by atoms with E-state index < -0.39 is 17.3 Å². The maximum absolute atomic E-state index is 13.4. The minimum Gasteiger partial charge on any atom is -0.508 e. The number of benzene rings is 1. The summed E-state index contributed by atoms with van der Waals surface area (Å²) in [5, 5.41) is 11.6. The number of aromatic hydroxyl groups is 1. The summed E-state index contributed by atoms with van der Waals surface area (Å²) in [4.78, 5) is 11.7. The van der Waals surface area contributed by atoms with Gasteiger partial charge in [-0.3, -0.25) is 4.79 Å². The number of ether oxygens (including phenoxy) is 1. The van der Waals surface area contributed by atoms with Gasteiger partial charge in [-0.05, 0) is 26.0 Å². The molecule has 2 N–H and O–H groups in total. The number of rotatable bonds is 4. The largest absolute Gasteiger partial charge is 0.508 e. The predicted octanol–water partition coefficient (Wildman–Crippen LogP) is 1.69. The van der Waals surface area contributed by atoms with Gasteiger partial charge in [-0.1, -0.05) is 0 Å². The normalized spacial score (nSPS) is 11.3. The topological polar surface area (TPSA) is 58.6 Å². The van der Waals surface area contributed by atoms with Gasteiger partial charge < -0.3 is 15.2 Å². The molecule has 94 valence electrons.